The van der Waals surface area contributed by atoms with E-state index in [0.717, 1.165) is 5.56 Å². The van der Waals surface area contributed by atoms with E-state index in [4.69, 9.17) is 10.5 Å². The van der Waals surface area contributed by atoms with E-state index in [1.807, 2.05) is 13.8 Å². The minimum atomic E-state index is -0.310. The molecule has 1 aromatic carbocycles. The van der Waals surface area contributed by atoms with Gasteiger partial charge in [-0.2, -0.15) is 0 Å². The predicted molar refractivity (Wildman–Crippen MR) is 74.5 cm³/mol. The normalized spacial score (nSPS) is 10.8. The van der Waals surface area contributed by atoms with Crippen LogP contribution in [0.2, 0.25) is 0 Å². The number of nitrogen functional groups attached to an aromatic ring is 1. The van der Waals surface area contributed by atoms with E-state index in [1.54, 1.807) is 31.5 Å². The summed E-state index contributed by atoms with van der Waals surface area (Å²) in [6.45, 7) is 5.63. The van der Waals surface area contributed by atoms with Crippen molar-refractivity contribution in [3.63, 3.8) is 0 Å². The molecule has 1 aromatic heterocycles. The molecule has 100 valence electrons. The maximum absolute atomic E-state index is 14.0. The Labute approximate surface area is 112 Å². The van der Waals surface area contributed by atoms with Crippen molar-refractivity contribution < 1.29 is 9.13 Å². The molecule has 0 saturated carbocycles. The first-order chi connectivity index (χ1) is 8.97. The number of nitrogens with zero attached hydrogens (tertiary/aromatic N) is 1. The number of benzene rings is 1. The topological polar surface area (TPSA) is 48.1 Å². The Morgan fingerprint density at radius 3 is 2.63 bits per heavy atom. The molecule has 0 fully saturated rings. The van der Waals surface area contributed by atoms with Gasteiger partial charge in [0.15, 0.2) is 0 Å². The predicted octanol–water partition coefficient (Wildman–Crippen LogP) is 3.57. The number of hydrogen-bond acceptors (Lipinski definition) is 3. The van der Waals surface area contributed by atoms with E-state index in [0.29, 0.717) is 22.6 Å². The average molecular weight is 260 g/mol. The molecule has 0 bridgehead atoms. The average Bonchev–Trinajstić information content (AvgIpc) is 2.33. The van der Waals surface area contributed by atoms with Crippen LogP contribution >= 0.6 is 0 Å². The first-order valence-corrected chi connectivity index (χ1v) is 6.15. The van der Waals surface area contributed by atoms with E-state index in [-0.39, 0.29) is 11.9 Å². The summed E-state index contributed by atoms with van der Waals surface area (Å²) < 4.78 is 19.5. The SMILES string of the molecule is Cc1cc(F)c(-c2cncc(OC(C)C)c2)cc1N. The lowest BCUT2D eigenvalue weighted by molar-refractivity contribution is 0.241. The molecule has 1 heterocycles. The highest BCUT2D eigenvalue weighted by Crippen LogP contribution is 2.29. The van der Waals surface area contributed by atoms with Gasteiger partial charge in [-0.15, -0.1) is 0 Å². The highest BCUT2D eigenvalue weighted by molar-refractivity contribution is 5.69. The van der Waals surface area contributed by atoms with E-state index in [1.165, 1.54) is 6.07 Å². The summed E-state index contributed by atoms with van der Waals surface area (Å²) in [7, 11) is 0. The molecule has 2 aromatic rings. The minimum absolute atomic E-state index is 0.0463. The van der Waals surface area contributed by atoms with Crippen molar-refractivity contribution in [1.82, 2.24) is 4.98 Å². The zero-order chi connectivity index (χ0) is 14.0. The quantitative estimate of drug-likeness (QED) is 0.858. The number of rotatable bonds is 3. The molecule has 4 heteroatoms. The summed E-state index contributed by atoms with van der Waals surface area (Å²) in [5.74, 6) is 0.307. The highest BCUT2D eigenvalue weighted by Gasteiger charge is 2.09. The van der Waals surface area contributed by atoms with E-state index in [9.17, 15) is 4.39 Å². The number of hydrogen-bond donors (Lipinski definition) is 1. The monoisotopic (exact) mass is 260 g/mol. The fourth-order valence-electron chi connectivity index (χ4n) is 1.81. The van der Waals surface area contributed by atoms with Gasteiger partial charge in [-0.3, -0.25) is 4.98 Å². The van der Waals surface area contributed by atoms with Crippen LogP contribution in [0.25, 0.3) is 11.1 Å². The maximum atomic E-state index is 14.0. The van der Waals surface area contributed by atoms with Crippen LogP contribution in [0, 0.1) is 12.7 Å². The lowest BCUT2D eigenvalue weighted by atomic mass is 10.0. The second kappa shape index (κ2) is 5.26. The van der Waals surface area contributed by atoms with Crippen LogP contribution in [-0.4, -0.2) is 11.1 Å². The van der Waals surface area contributed by atoms with Crippen LogP contribution in [0.3, 0.4) is 0 Å². The van der Waals surface area contributed by atoms with Crippen LogP contribution in [0.5, 0.6) is 5.75 Å². The van der Waals surface area contributed by atoms with Crippen LogP contribution < -0.4 is 10.5 Å². The maximum Gasteiger partial charge on any atom is 0.138 e. The molecule has 0 aliphatic carbocycles. The molecule has 0 aliphatic rings. The summed E-state index contributed by atoms with van der Waals surface area (Å²) in [6, 6.07) is 4.82. The number of nitrogens with two attached hydrogens (primary N) is 1. The summed E-state index contributed by atoms with van der Waals surface area (Å²) in [5.41, 5.74) is 8.20. The molecular formula is C15H17FN2O. The zero-order valence-corrected chi connectivity index (χ0v) is 11.3. The second-order valence-electron chi connectivity index (χ2n) is 4.76. The van der Waals surface area contributed by atoms with Gasteiger partial charge in [0.1, 0.15) is 11.6 Å². The van der Waals surface area contributed by atoms with E-state index in [2.05, 4.69) is 4.98 Å². The molecule has 0 spiro atoms. The molecule has 0 saturated heterocycles. The standard InChI is InChI=1S/C15H17FN2O/c1-9(2)19-12-5-11(7-18-8-12)13-6-15(17)10(3)4-14(13)16/h4-9H,17H2,1-3H3. The Morgan fingerprint density at radius 1 is 1.21 bits per heavy atom. The fourth-order valence-corrected chi connectivity index (χ4v) is 1.81. The Bertz CT molecular complexity index is 597. The first-order valence-electron chi connectivity index (χ1n) is 6.15. The van der Waals surface area contributed by atoms with Gasteiger partial charge in [-0.25, -0.2) is 4.39 Å². The van der Waals surface area contributed by atoms with Crippen molar-refractivity contribution in [1.29, 1.82) is 0 Å². The molecule has 19 heavy (non-hydrogen) atoms. The Kier molecular flexibility index (Phi) is 3.69. The molecular weight excluding hydrogens is 243 g/mol. The molecule has 3 nitrogen and oxygen atoms in total. The Hall–Kier alpha value is -2.10. The molecule has 0 atom stereocenters. The van der Waals surface area contributed by atoms with Gasteiger partial charge < -0.3 is 10.5 Å². The van der Waals surface area contributed by atoms with Crippen molar-refractivity contribution in [2.24, 2.45) is 0 Å². The number of aryl methyl sites for hydroxylation is 1. The highest BCUT2D eigenvalue weighted by atomic mass is 19.1. The summed E-state index contributed by atoms with van der Waals surface area (Å²) in [6.07, 6.45) is 3.25. The number of ether oxygens (including phenoxy) is 1. The number of aromatic nitrogens is 1. The minimum Gasteiger partial charge on any atom is -0.489 e. The van der Waals surface area contributed by atoms with Crippen LogP contribution in [0.15, 0.2) is 30.6 Å². The Balaban J connectivity index is 2.44. The van der Waals surface area contributed by atoms with Gasteiger partial charge in [0.25, 0.3) is 0 Å². The molecule has 0 radical (unpaired) electrons. The lowest BCUT2D eigenvalue weighted by Gasteiger charge is -2.11. The third kappa shape index (κ3) is 3.02. The summed E-state index contributed by atoms with van der Waals surface area (Å²) in [5, 5.41) is 0. The van der Waals surface area contributed by atoms with Gasteiger partial charge in [0.05, 0.1) is 12.3 Å². The van der Waals surface area contributed by atoms with Crippen LogP contribution in [0.1, 0.15) is 19.4 Å². The second-order valence-corrected chi connectivity index (χ2v) is 4.76. The lowest BCUT2D eigenvalue weighted by Crippen LogP contribution is -2.05. The fraction of sp³-hybridized carbons (Fsp3) is 0.267. The zero-order valence-electron chi connectivity index (χ0n) is 11.3. The molecule has 0 amide bonds. The van der Waals surface area contributed by atoms with Gasteiger partial charge >= 0.3 is 0 Å². The summed E-state index contributed by atoms with van der Waals surface area (Å²) >= 11 is 0. The molecule has 0 unspecified atom stereocenters. The van der Waals surface area contributed by atoms with Crippen molar-refractivity contribution >= 4 is 5.69 Å². The number of anilines is 1. The third-order valence-corrected chi connectivity index (χ3v) is 2.75. The van der Waals surface area contributed by atoms with Crippen molar-refractivity contribution in [3.8, 4) is 16.9 Å². The van der Waals surface area contributed by atoms with Crippen molar-refractivity contribution in [2.45, 2.75) is 26.9 Å². The van der Waals surface area contributed by atoms with Gasteiger partial charge in [-0.1, -0.05) is 0 Å². The van der Waals surface area contributed by atoms with Gasteiger partial charge in [0, 0.05) is 23.0 Å². The Morgan fingerprint density at radius 2 is 1.95 bits per heavy atom. The van der Waals surface area contributed by atoms with E-state index < -0.39 is 0 Å². The van der Waals surface area contributed by atoms with Crippen LogP contribution in [0.4, 0.5) is 10.1 Å². The number of halogens is 1. The summed E-state index contributed by atoms with van der Waals surface area (Å²) in [4.78, 5) is 4.07. The van der Waals surface area contributed by atoms with Crippen molar-refractivity contribution in [3.05, 3.63) is 42.0 Å². The number of pyridine rings is 1. The van der Waals surface area contributed by atoms with Gasteiger partial charge in [-0.05, 0) is 44.5 Å². The first kappa shape index (κ1) is 13.3. The van der Waals surface area contributed by atoms with Crippen LogP contribution in [-0.2, 0) is 0 Å². The molecule has 2 rings (SSSR count). The molecule has 0 aliphatic heterocycles. The largest absolute Gasteiger partial charge is 0.489 e. The smallest absolute Gasteiger partial charge is 0.138 e. The third-order valence-electron chi connectivity index (χ3n) is 2.75. The molecule has 2 N–H and O–H groups in total. The van der Waals surface area contributed by atoms with E-state index >= 15 is 0 Å². The van der Waals surface area contributed by atoms with Gasteiger partial charge in [0.2, 0.25) is 0 Å². The van der Waals surface area contributed by atoms with Crippen molar-refractivity contribution in [2.75, 3.05) is 5.73 Å².